The van der Waals surface area contributed by atoms with Crippen LogP contribution in [0.4, 0.5) is 0 Å². The molecular formula is C22H20N4O3S. The smallest absolute Gasteiger partial charge is 0.251 e. The number of rotatable bonds is 5. The number of ether oxygens (including phenoxy) is 1. The van der Waals surface area contributed by atoms with Crippen LogP contribution in [0.1, 0.15) is 18.5 Å². The number of aromatic nitrogens is 2. The lowest BCUT2D eigenvalue weighted by Gasteiger charge is -2.31. The Morgan fingerprint density at radius 2 is 1.70 bits per heavy atom. The molecule has 1 aromatic heterocycles. The Morgan fingerprint density at radius 1 is 1.00 bits per heavy atom. The summed E-state index contributed by atoms with van der Waals surface area (Å²) in [6, 6.07) is 18.7. The van der Waals surface area contributed by atoms with Gasteiger partial charge in [0.1, 0.15) is 12.2 Å². The summed E-state index contributed by atoms with van der Waals surface area (Å²) >= 11 is 0. The first-order valence-corrected chi connectivity index (χ1v) is 11.1. The molecule has 0 aliphatic carbocycles. The SMILES string of the molecule is N#Cc1nccnc1OC1CCCN(S(=O)(=O)c2ccc(-c3ccccc3)cc2)C1. The van der Waals surface area contributed by atoms with Crippen LogP contribution in [0.25, 0.3) is 11.1 Å². The molecule has 0 radical (unpaired) electrons. The van der Waals surface area contributed by atoms with Crippen LogP contribution in [0, 0.1) is 11.3 Å². The standard InChI is InChI=1S/C22H20N4O3S/c23-15-21-22(25-13-12-24-21)29-19-7-4-14-26(16-19)30(27,28)20-10-8-18(9-11-20)17-5-2-1-3-6-17/h1-3,5-6,8-13,19H,4,7,14,16H2. The highest BCUT2D eigenvalue weighted by molar-refractivity contribution is 7.89. The number of nitriles is 1. The van der Waals surface area contributed by atoms with E-state index >= 15 is 0 Å². The van der Waals surface area contributed by atoms with Crippen LogP contribution < -0.4 is 4.74 Å². The molecule has 3 aromatic rings. The maximum Gasteiger partial charge on any atom is 0.251 e. The summed E-state index contributed by atoms with van der Waals surface area (Å²) < 4.78 is 33.5. The molecule has 7 nitrogen and oxygen atoms in total. The highest BCUT2D eigenvalue weighted by Gasteiger charge is 2.31. The Morgan fingerprint density at radius 3 is 2.43 bits per heavy atom. The molecule has 2 aromatic carbocycles. The highest BCUT2D eigenvalue weighted by Crippen LogP contribution is 2.26. The van der Waals surface area contributed by atoms with Crippen molar-refractivity contribution in [2.75, 3.05) is 13.1 Å². The van der Waals surface area contributed by atoms with Gasteiger partial charge in [-0.25, -0.2) is 18.4 Å². The molecule has 1 fully saturated rings. The number of nitrogens with zero attached hydrogens (tertiary/aromatic N) is 4. The van der Waals surface area contributed by atoms with E-state index in [0.717, 1.165) is 11.1 Å². The molecule has 1 aliphatic heterocycles. The maximum atomic E-state index is 13.1. The molecule has 1 saturated heterocycles. The minimum atomic E-state index is -3.65. The molecular weight excluding hydrogens is 400 g/mol. The van der Waals surface area contributed by atoms with Crippen LogP contribution in [-0.2, 0) is 10.0 Å². The minimum absolute atomic E-state index is 0.0916. The van der Waals surface area contributed by atoms with E-state index in [-0.39, 0.29) is 29.1 Å². The third kappa shape index (κ3) is 4.17. The summed E-state index contributed by atoms with van der Waals surface area (Å²) in [5.74, 6) is 0.136. The van der Waals surface area contributed by atoms with Gasteiger partial charge in [-0.1, -0.05) is 42.5 Å². The lowest BCUT2D eigenvalue weighted by atomic mass is 10.1. The molecule has 30 heavy (non-hydrogen) atoms. The molecule has 0 amide bonds. The van der Waals surface area contributed by atoms with Gasteiger partial charge >= 0.3 is 0 Å². The number of sulfonamides is 1. The van der Waals surface area contributed by atoms with Gasteiger partial charge in [0.2, 0.25) is 15.7 Å². The second-order valence-corrected chi connectivity index (χ2v) is 8.90. The van der Waals surface area contributed by atoms with Crippen LogP contribution in [0.3, 0.4) is 0 Å². The van der Waals surface area contributed by atoms with Crippen molar-refractivity contribution >= 4 is 10.0 Å². The van der Waals surface area contributed by atoms with E-state index in [1.54, 1.807) is 12.1 Å². The molecule has 8 heteroatoms. The Balaban J connectivity index is 1.50. The van der Waals surface area contributed by atoms with Crippen LogP contribution in [0.15, 0.2) is 71.9 Å². The number of benzene rings is 2. The monoisotopic (exact) mass is 420 g/mol. The van der Waals surface area contributed by atoms with E-state index in [9.17, 15) is 8.42 Å². The van der Waals surface area contributed by atoms with Gasteiger partial charge < -0.3 is 4.74 Å². The van der Waals surface area contributed by atoms with Gasteiger partial charge in [-0.2, -0.15) is 9.57 Å². The van der Waals surface area contributed by atoms with Crippen molar-refractivity contribution in [1.82, 2.24) is 14.3 Å². The lowest BCUT2D eigenvalue weighted by molar-refractivity contribution is 0.124. The summed E-state index contributed by atoms with van der Waals surface area (Å²) in [4.78, 5) is 8.23. The third-order valence-corrected chi connectivity index (χ3v) is 6.87. The maximum absolute atomic E-state index is 13.1. The average Bonchev–Trinajstić information content (AvgIpc) is 2.80. The highest BCUT2D eigenvalue weighted by atomic mass is 32.2. The first-order valence-electron chi connectivity index (χ1n) is 9.61. The van der Waals surface area contributed by atoms with E-state index in [2.05, 4.69) is 9.97 Å². The fraction of sp³-hybridized carbons (Fsp3) is 0.227. The summed E-state index contributed by atoms with van der Waals surface area (Å²) in [6.45, 7) is 0.623. The van der Waals surface area contributed by atoms with E-state index in [0.29, 0.717) is 19.4 Å². The molecule has 0 N–H and O–H groups in total. The second-order valence-electron chi connectivity index (χ2n) is 6.96. The predicted molar refractivity (Wildman–Crippen MR) is 111 cm³/mol. The van der Waals surface area contributed by atoms with Crippen LogP contribution in [0.5, 0.6) is 5.88 Å². The topological polar surface area (TPSA) is 96.2 Å². The number of piperidine rings is 1. The van der Waals surface area contributed by atoms with Gasteiger partial charge in [-0.15, -0.1) is 0 Å². The van der Waals surface area contributed by atoms with Crippen LogP contribution in [-0.4, -0.2) is 41.9 Å². The summed E-state index contributed by atoms with van der Waals surface area (Å²) in [5.41, 5.74) is 2.08. The van der Waals surface area contributed by atoms with Crippen LogP contribution >= 0.6 is 0 Å². The van der Waals surface area contributed by atoms with Crippen molar-refractivity contribution in [3.05, 3.63) is 72.7 Å². The van der Waals surface area contributed by atoms with Crippen molar-refractivity contribution < 1.29 is 13.2 Å². The van der Waals surface area contributed by atoms with Gasteiger partial charge in [0.05, 0.1) is 11.4 Å². The molecule has 152 valence electrons. The van der Waals surface area contributed by atoms with Gasteiger partial charge in [-0.05, 0) is 36.1 Å². The molecule has 1 unspecified atom stereocenters. The van der Waals surface area contributed by atoms with E-state index in [1.807, 2.05) is 48.5 Å². The molecule has 0 spiro atoms. The summed E-state index contributed by atoms with van der Waals surface area (Å²) in [5, 5.41) is 9.14. The fourth-order valence-electron chi connectivity index (χ4n) is 3.46. The van der Waals surface area contributed by atoms with Gasteiger partial charge in [0, 0.05) is 18.9 Å². The first-order chi connectivity index (χ1) is 14.6. The van der Waals surface area contributed by atoms with Crippen molar-refractivity contribution in [3.63, 3.8) is 0 Å². The molecule has 0 saturated carbocycles. The fourth-order valence-corrected chi connectivity index (χ4v) is 4.97. The number of hydrogen-bond donors (Lipinski definition) is 0. The molecule has 0 bridgehead atoms. The number of hydrogen-bond acceptors (Lipinski definition) is 6. The average molecular weight is 420 g/mol. The van der Waals surface area contributed by atoms with E-state index in [4.69, 9.17) is 10.00 Å². The van der Waals surface area contributed by atoms with E-state index < -0.39 is 10.0 Å². The first kappa shape index (κ1) is 20.0. The molecule has 1 aliphatic rings. The Bertz CT molecular complexity index is 1160. The second kappa shape index (κ2) is 8.61. The molecule has 4 rings (SSSR count). The van der Waals surface area contributed by atoms with Crippen molar-refractivity contribution in [3.8, 4) is 23.1 Å². The van der Waals surface area contributed by atoms with Gasteiger partial charge in [-0.3, -0.25) is 0 Å². The Labute approximate surface area is 175 Å². The van der Waals surface area contributed by atoms with Crippen molar-refractivity contribution in [1.29, 1.82) is 5.26 Å². The summed E-state index contributed by atoms with van der Waals surface area (Å²) in [7, 11) is -3.65. The Kier molecular flexibility index (Phi) is 5.74. The molecule has 2 heterocycles. The Hall–Kier alpha value is -3.28. The predicted octanol–water partition coefficient (Wildman–Crippen LogP) is 3.25. The van der Waals surface area contributed by atoms with Crippen LogP contribution in [0.2, 0.25) is 0 Å². The quantitative estimate of drug-likeness (QED) is 0.629. The zero-order valence-corrected chi connectivity index (χ0v) is 17.0. The van der Waals surface area contributed by atoms with Gasteiger partial charge in [0.25, 0.3) is 5.88 Å². The third-order valence-electron chi connectivity index (χ3n) is 4.99. The van der Waals surface area contributed by atoms with E-state index in [1.165, 1.54) is 16.7 Å². The summed E-state index contributed by atoms with van der Waals surface area (Å²) in [6.07, 6.45) is 3.82. The zero-order valence-electron chi connectivity index (χ0n) is 16.2. The van der Waals surface area contributed by atoms with Crippen molar-refractivity contribution in [2.45, 2.75) is 23.8 Å². The normalized spacial score (nSPS) is 17.2. The zero-order chi connectivity index (χ0) is 21.0. The van der Waals surface area contributed by atoms with Gasteiger partial charge in [0.15, 0.2) is 0 Å². The van der Waals surface area contributed by atoms with Crippen molar-refractivity contribution in [2.24, 2.45) is 0 Å². The molecule has 1 atom stereocenters. The minimum Gasteiger partial charge on any atom is -0.471 e. The largest absolute Gasteiger partial charge is 0.471 e. The lowest BCUT2D eigenvalue weighted by Crippen LogP contribution is -2.44.